The molecule has 1 saturated heterocycles. The second-order valence-corrected chi connectivity index (χ2v) is 4.73. The van der Waals surface area contributed by atoms with E-state index in [4.69, 9.17) is 0 Å². The van der Waals surface area contributed by atoms with Crippen molar-refractivity contribution in [2.24, 2.45) is 0 Å². The van der Waals surface area contributed by atoms with E-state index >= 15 is 0 Å². The molecule has 0 aromatic rings. The van der Waals surface area contributed by atoms with Gasteiger partial charge in [-0.05, 0) is 19.8 Å². The number of carbonyl (C=O) groups is 1. The number of hydrogen-bond donors (Lipinski definition) is 1. The van der Waals surface area contributed by atoms with Crippen molar-refractivity contribution >= 4 is 17.7 Å². The monoisotopic (exact) mass is 199 g/mol. The summed E-state index contributed by atoms with van der Waals surface area (Å²) < 4.78 is 0. The Balaban J connectivity index is 2.36. The molecule has 2 nitrogen and oxygen atoms in total. The minimum Gasteiger partial charge on any atom is -0.355 e. The van der Waals surface area contributed by atoms with Crippen LogP contribution in [-0.2, 0) is 4.79 Å². The maximum Gasteiger partial charge on any atom is 0.233 e. The predicted molar refractivity (Wildman–Crippen MR) is 57.9 cm³/mol. The van der Waals surface area contributed by atoms with Gasteiger partial charge < -0.3 is 5.32 Å². The summed E-state index contributed by atoms with van der Waals surface area (Å²) in [5.74, 6) is 1.11. The summed E-state index contributed by atoms with van der Waals surface area (Å²) in [4.78, 5) is 11.5. The van der Waals surface area contributed by atoms with Gasteiger partial charge in [0.05, 0.1) is 5.25 Å². The highest BCUT2D eigenvalue weighted by Gasteiger charge is 2.20. The quantitative estimate of drug-likeness (QED) is 0.704. The van der Waals surface area contributed by atoms with E-state index < -0.39 is 0 Å². The van der Waals surface area contributed by atoms with Gasteiger partial charge in [-0.25, -0.2) is 0 Å². The third-order valence-electron chi connectivity index (χ3n) is 2.02. The van der Waals surface area contributed by atoms with E-state index in [1.54, 1.807) is 11.8 Å². The van der Waals surface area contributed by atoms with Gasteiger partial charge in [-0.2, -0.15) is 0 Å². The number of rotatable bonds is 3. The van der Waals surface area contributed by atoms with E-state index in [-0.39, 0.29) is 11.2 Å². The van der Waals surface area contributed by atoms with Gasteiger partial charge in [-0.15, -0.1) is 11.8 Å². The van der Waals surface area contributed by atoms with Gasteiger partial charge in [0.2, 0.25) is 5.91 Å². The third kappa shape index (κ3) is 3.85. The van der Waals surface area contributed by atoms with E-state index in [0.717, 1.165) is 37.1 Å². The van der Waals surface area contributed by atoms with Crippen LogP contribution in [0, 0.1) is 0 Å². The Kier molecular flexibility index (Phi) is 4.36. The second kappa shape index (κ2) is 5.32. The van der Waals surface area contributed by atoms with Gasteiger partial charge in [0.25, 0.3) is 0 Å². The number of hydrogen-bond acceptors (Lipinski definition) is 2. The van der Waals surface area contributed by atoms with Crippen molar-refractivity contribution in [3.05, 3.63) is 12.2 Å². The Hall–Kier alpha value is -0.440. The Morgan fingerprint density at radius 2 is 2.46 bits per heavy atom. The molecule has 1 unspecified atom stereocenters. The molecule has 1 fully saturated rings. The molecule has 1 atom stereocenters. The molecule has 0 saturated carbocycles. The number of nitrogens with one attached hydrogen (secondary N) is 1. The van der Waals surface area contributed by atoms with Crippen molar-refractivity contribution in [3.63, 3.8) is 0 Å². The second-order valence-electron chi connectivity index (χ2n) is 3.54. The first kappa shape index (κ1) is 10.6. The summed E-state index contributed by atoms with van der Waals surface area (Å²) in [5.41, 5.74) is 1.14. The zero-order valence-corrected chi connectivity index (χ0v) is 8.95. The van der Waals surface area contributed by atoms with Crippen molar-refractivity contribution in [3.8, 4) is 0 Å². The van der Waals surface area contributed by atoms with E-state index in [0.29, 0.717) is 0 Å². The summed E-state index contributed by atoms with van der Waals surface area (Å²) in [5, 5.41) is 3.08. The normalized spacial score (nSPS) is 23.5. The highest BCUT2D eigenvalue weighted by Crippen LogP contribution is 2.21. The first-order valence-electron chi connectivity index (χ1n) is 4.74. The predicted octanol–water partition coefficient (Wildman–Crippen LogP) is 1.96. The van der Waals surface area contributed by atoms with Crippen LogP contribution in [-0.4, -0.2) is 23.5 Å². The van der Waals surface area contributed by atoms with Crippen LogP contribution in [0.5, 0.6) is 0 Å². The Morgan fingerprint density at radius 3 is 3.15 bits per heavy atom. The minimum absolute atomic E-state index is 0.152. The molecule has 1 heterocycles. The fourth-order valence-electron chi connectivity index (χ4n) is 1.31. The summed E-state index contributed by atoms with van der Waals surface area (Å²) in [6.07, 6.45) is 3.30. The van der Waals surface area contributed by atoms with Crippen molar-refractivity contribution in [2.45, 2.75) is 31.4 Å². The first-order chi connectivity index (χ1) is 6.20. The molecule has 0 aromatic heterocycles. The van der Waals surface area contributed by atoms with Gasteiger partial charge >= 0.3 is 0 Å². The molecule has 1 aliphatic heterocycles. The van der Waals surface area contributed by atoms with Gasteiger partial charge in [0.1, 0.15) is 0 Å². The van der Waals surface area contributed by atoms with Crippen molar-refractivity contribution < 1.29 is 4.79 Å². The highest BCUT2D eigenvalue weighted by molar-refractivity contribution is 8.00. The van der Waals surface area contributed by atoms with Gasteiger partial charge in [0, 0.05) is 12.3 Å². The summed E-state index contributed by atoms with van der Waals surface area (Å²) in [6, 6.07) is 0. The molecule has 0 aliphatic carbocycles. The summed E-state index contributed by atoms with van der Waals surface area (Å²) in [6.45, 7) is 6.69. The molecule has 0 bridgehead atoms. The lowest BCUT2D eigenvalue weighted by Crippen LogP contribution is -2.30. The van der Waals surface area contributed by atoms with Crippen LogP contribution in [0.15, 0.2) is 12.2 Å². The van der Waals surface area contributed by atoms with Gasteiger partial charge in [-0.1, -0.05) is 18.6 Å². The van der Waals surface area contributed by atoms with Gasteiger partial charge in [-0.3, -0.25) is 4.79 Å². The van der Waals surface area contributed by atoms with Crippen LogP contribution >= 0.6 is 11.8 Å². The minimum atomic E-state index is 0.152. The van der Waals surface area contributed by atoms with Crippen molar-refractivity contribution in [1.29, 1.82) is 0 Å². The maximum atomic E-state index is 11.5. The SMILES string of the molecule is C=C(C)CSC1CCCCNC1=O. The van der Waals surface area contributed by atoms with Crippen LogP contribution in [0.2, 0.25) is 0 Å². The molecule has 1 rings (SSSR count). The van der Waals surface area contributed by atoms with Crippen LogP contribution in [0.25, 0.3) is 0 Å². The average molecular weight is 199 g/mol. The van der Waals surface area contributed by atoms with Crippen LogP contribution in [0.3, 0.4) is 0 Å². The molecule has 3 heteroatoms. The van der Waals surface area contributed by atoms with Crippen LogP contribution in [0.1, 0.15) is 26.2 Å². The lowest BCUT2D eigenvalue weighted by atomic mass is 10.2. The lowest BCUT2D eigenvalue weighted by Gasteiger charge is -2.11. The Bertz CT molecular complexity index is 203. The van der Waals surface area contributed by atoms with Crippen molar-refractivity contribution in [2.75, 3.05) is 12.3 Å². The Morgan fingerprint density at radius 1 is 1.69 bits per heavy atom. The smallest absolute Gasteiger partial charge is 0.233 e. The van der Waals surface area contributed by atoms with Crippen LogP contribution < -0.4 is 5.32 Å². The zero-order chi connectivity index (χ0) is 9.68. The summed E-state index contributed by atoms with van der Waals surface area (Å²) >= 11 is 1.72. The summed E-state index contributed by atoms with van der Waals surface area (Å²) in [7, 11) is 0. The first-order valence-corrected chi connectivity index (χ1v) is 5.78. The highest BCUT2D eigenvalue weighted by atomic mass is 32.2. The van der Waals surface area contributed by atoms with E-state index in [9.17, 15) is 4.79 Å². The molecule has 1 N–H and O–H groups in total. The molecule has 13 heavy (non-hydrogen) atoms. The van der Waals surface area contributed by atoms with Crippen molar-refractivity contribution in [1.82, 2.24) is 5.32 Å². The Labute approximate surface area is 84.2 Å². The van der Waals surface area contributed by atoms with Gasteiger partial charge in [0.15, 0.2) is 0 Å². The van der Waals surface area contributed by atoms with E-state index in [1.165, 1.54) is 0 Å². The average Bonchev–Trinajstić information content (AvgIpc) is 2.27. The molecule has 0 spiro atoms. The lowest BCUT2D eigenvalue weighted by molar-refractivity contribution is -0.120. The molecule has 0 radical (unpaired) electrons. The zero-order valence-electron chi connectivity index (χ0n) is 8.14. The number of carbonyl (C=O) groups excluding carboxylic acids is 1. The fraction of sp³-hybridized carbons (Fsp3) is 0.700. The largest absolute Gasteiger partial charge is 0.355 e. The number of amides is 1. The molecule has 1 aliphatic rings. The number of thioether (sulfide) groups is 1. The van der Waals surface area contributed by atoms with E-state index in [1.807, 2.05) is 6.92 Å². The van der Waals surface area contributed by atoms with Crippen LogP contribution in [0.4, 0.5) is 0 Å². The van der Waals surface area contributed by atoms with E-state index in [2.05, 4.69) is 11.9 Å². The molecule has 74 valence electrons. The fourth-order valence-corrected chi connectivity index (χ4v) is 2.37. The maximum absolute atomic E-state index is 11.5. The standard InChI is InChI=1S/C10H17NOS/c1-8(2)7-13-9-5-3-4-6-11-10(9)12/h9H,1,3-7H2,2H3,(H,11,12). The molecule has 1 amide bonds. The topological polar surface area (TPSA) is 29.1 Å². The molecule has 0 aromatic carbocycles. The molecular weight excluding hydrogens is 182 g/mol. The third-order valence-corrected chi connectivity index (χ3v) is 3.53. The molecular formula is C10H17NOS.